The smallest absolute Gasteiger partial charge is 0.304 e. The first-order valence-corrected chi connectivity index (χ1v) is 6.46. The third-order valence-corrected chi connectivity index (χ3v) is 3.55. The lowest BCUT2D eigenvalue weighted by Crippen LogP contribution is -2.38. The molecule has 0 aliphatic carbocycles. The number of ether oxygens (including phenoxy) is 1. The molecule has 2 rings (SSSR count). The Balaban J connectivity index is 2.20. The molecule has 0 spiro atoms. The van der Waals surface area contributed by atoms with Gasteiger partial charge in [0, 0.05) is 17.7 Å². The fourth-order valence-corrected chi connectivity index (χ4v) is 2.67. The Labute approximate surface area is 112 Å². The zero-order valence-corrected chi connectivity index (χ0v) is 11.2. The third-order valence-electron chi connectivity index (χ3n) is 3.55. The summed E-state index contributed by atoms with van der Waals surface area (Å²) in [5.74, 6) is 0.0720. The lowest BCUT2D eigenvalue weighted by Gasteiger charge is -2.31. The molecule has 0 aromatic heterocycles. The molecule has 104 valence electrons. The summed E-state index contributed by atoms with van der Waals surface area (Å²) < 4.78 is 5.58. The molecule has 2 N–H and O–H groups in total. The van der Waals surface area contributed by atoms with Gasteiger partial charge in [0.2, 0.25) is 0 Å². The molecule has 19 heavy (non-hydrogen) atoms. The molecule has 2 unspecified atom stereocenters. The first kappa shape index (κ1) is 13.7. The van der Waals surface area contributed by atoms with Crippen LogP contribution in [0.2, 0.25) is 0 Å². The molecule has 1 aliphatic rings. The van der Waals surface area contributed by atoms with E-state index in [-0.39, 0.29) is 24.3 Å². The number of aromatic hydroxyl groups is 1. The van der Waals surface area contributed by atoms with Crippen molar-refractivity contribution in [3.8, 4) is 11.5 Å². The highest BCUT2D eigenvalue weighted by Crippen LogP contribution is 2.39. The molecule has 0 amide bonds. The van der Waals surface area contributed by atoms with E-state index in [0.717, 1.165) is 12.1 Å². The van der Waals surface area contributed by atoms with Crippen LogP contribution in [0.1, 0.15) is 31.9 Å². The van der Waals surface area contributed by atoms with Gasteiger partial charge in [0.1, 0.15) is 18.1 Å². The van der Waals surface area contributed by atoms with Crippen LogP contribution in [-0.2, 0) is 4.79 Å². The van der Waals surface area contributed by atoms with Crippen LogP contribution in [0, 0.1) is 0 Å². The number of nitrogens with zero attached hydrogens (tertiary/aromatic N) is 1. The van der Waals surface area contributed by atoms with E-state index in [1.165, 1.54) is 0 Å². The second-order valence-electron chi connectivity index (χ2n) is 4.83. The summed E-state index contributed by atoms with van der Waals surface area (Å²) in [5.41, 5.74) is 1.01. The lowest BCUT2D eigenvalue weighted by molar-refractivity contribution is -0.138. The summed E-state index contributed by atoms with van der Waals surface area (Å²) in [6.45, 7) is 5.17. The van der Waals surface area contributed by atoms with Gasteiger partial charge < -0.3 is 14.9 Å². The minimum absolute atomic E-state index is 0.0509. The molecule has 1 aromatic rings. The molecule has 0 saturated carbocycles. The average molecular weight is 265 g/mol. The fraction of sp³-hybridized carbons (Fsp3) is 0.500. The quantitative estimate of drug-likeness (QED) is 0.852. The number of carboxylic acids is 1. The lowest BCUT2D eigenvalue weighted by atomic mass is 10.0. The molecule has 0 radical (unpaired) electrons. The van der Waals surface area contributed by atoms with Crippen LogP contribution in [0.25, 0.3) is 0 Å². The predicted octanol–water partition coefficient (Wildman–Crippen LogP) is 2.01. The first-order valence-electron chi connectivity index (χ1n) is 6.46. The van der Waals surface area contributed by atoms with Gasteiger partial charge in [-0.15, -0.1) is 0 Å². The van der Waals surface area contributed by atoms with E-state index < -0.39 is 5.97 Å². The zero-order chi connectivity index (χ0) is 14.0. The number of likely N-dealkylation sites (N-methyl/N-ethyl adjacent to an activating group) is 1. The van der Waals surface area contributed by atoms with Crippen molar-refractivity contribution in [2.75, 3.05) is 13.2 Å². The van der Waals surface area contributed by atoms with Crippen molar-refractivity contribution >= 4 is 5.97 Å². The molecule has 0 saturated heterocycles. The van der Waals surface area contributed by atoms with Gasteiger partial charge in [0.15, 0.2) is 0 Å². The van der Waals surface area contributed by atoms with Gasteiger partial charge in [-0.2, -0.15) is 0 Å². The number of hydrogen-bond acceptors (Lipinski definition) is 4. The Morgan fingerprint density at radius 3 is 2.95 bits per heavy atom. The molecule has 1 heterocycles. The van der Waals surface area contributed by atoms with Crippen molar-refractivity contribution < 1.29 is 19.7 Å². The van der Waals surface area contributed by atoms with Crippen LogP contribution < -0.4 is 4.74 Å². The molecule has 0 fully saturated rings. The van der Waals surface area contributed by atoms with E-state index in [1.54, 1.807) is 12.1 Å². The number of phenolic OH excluding ortho intramolecular Hbond substituents is 1. The summed E-state index contributed by atoms with van der Waals surface area (Å²) in [6.07, 6.45) is 0.109. The second-order valence-corrected chi connectivity index (χ2v) is 4.83. The topological polar surface area (TPSA) is 70.0 Å². The standard InChI is InChI=1S/C14H19NO4/c1-3-15(9(2)6-14(17)18)12-8-19-13-7-10(16)4-5-11(12)13/h4-5,7,9,12,16H,3,6,8H2,1-2H3,(H,17,18). The number of aliphatic carboxylic acids is 1. The van der Waals surface area contributed by atoms with Gasteiger partial charge in [-0.25, -0.2) is 0 Å². The monoisotopic (exact) mass is 265 g/mol. The van der Waals surface area contributed by atoms with Crippen LogP contribution in [0.5, 0.6) is 11.5 Å². The molecule has 2 atom stereocenters. The van der Waals surface area contributed by atoms with Crippen molar-refractivity contribution in [2.24, 2.45) is 0 Å². The van der Waals surface area contributed by atoms with Gasteiger partial charge >= 0.3 is 5.97 Å². The van der Waals surface area contributed by atoms with Crippen LogP contribution in [0.4, 0.5) is 0 Å². The summed E-state index contributed by atoms with van der Waals surface area (Å²) >= 11 is 0. The van der Waals surface area contributed by atoms with Crippen molar-refractivity contribution in [3.63, 3.8) is 0 Å². The van der Waals surface area contributed by atoms with Crippen molar-refractivity contribution in [2.45, 2.75) is 32.4 Å². The number of rotatable bonds is 5. The van der Waals surface area contributed by atoms with Gasteiger partial charge in [0.25, 0.3) is 0 Å². The van der Waals surface area contributed by atoms with Gasteiger partial charge in [0.05, 0.1) is 12.5 Å². The molecular weight excluding hydrogens is 246 g/mol. The highest BCUT2D eigenvalue weighted by atomic mass is 16.5. The number of carboxylic acid groups (broad SMARTS) is 1. The maximum Gasteiger partial charge on any atom is 0.304 e. The van der Waals surface area contributed by atoms with Crippen LogP contribution >= 0.6 is 0 Å². The van der Waals surface area contributed by atoms with Crippen molar-refractivity contribution in [1.82, 2.24) is 4.90 Å². The molecule has 5 heteroatoms. The zero-order valence-electron chi connectivity index (χ0n) is 11.2. The Morgan fingerprint density at radius 2 is 2.32 bits per heavy atom. The van der Waals surface area contributed by atoms with Crippen LogP contribution in [0.3, 0.4) is 0 Å². The highest BCUT2D eigenvalue weighted by Gasteiger charge is 2.32. The van der Waals surface area contributed by atoms with Crippen molar-refractivity contribution in [1.29, 1.82) is 0 Å². The van der Waals surface area contributed by atoms with Gasteiger partial charge in [-0.1, -0.05) is 6.92 Å². The minimum Gasteiger partial charge on any atom is -0.508 e. The van der Waals surface area contributed by atoms with E-state index in [9.17, 15) is 9.90 Å². The van der Waals surface area contributed by atoms with E-state index >= 15 is 0 Å². The second kappa shape index (κ2) is 5.48. The largest absolute Gasteiger partial charge is 0.508 e. The first-order chi connectivity index (χ1) is 9.02. The van der Waals surface area contributed by atoms with Gasteiger partial charge in [-0.05, 0) is 25.6 Å². The molecule has 1 aliphatic heterocycles. The Kier molecular flexibility index (Phi) is 3.95. The minimum atomic E-state index is -0.796. The van der Waals surface area contributed by atoms with Crippen LogP contribution in [-0.4, -0.2) is 40.3 Å². The van der Waals surface area contributed by atoms with Gasteiger partial charge in [-0.3, -0.25) is 9.69 Å². The molecule has 0 bridgehead atoms. The van der Waals surface area contributed by atoms with Crippen LogP contribution in [0.15, 0.2) is 18.2 Å². The van der Waals surface area contributed by atoms with E-state index in [1.807, 2.05) is 19.9 Å². The predicted molar refractivity (Wildman–Crippen MR) is 70.4 cm³/mol. The number of carbonyl (C=O) groups is 1. The Bertz CT molecular complexity index is 475. The molecular formula is C14H19NO4. The maximum atomic E-state index is 10.8. The summed E-state index contributed by atoms with van der Waals surface area (Å²) in [7, 11) is 0. The Hall–Kier alpha value is -1.75. The maximum absolute atomic E-state index is 10.8. The SMILES string of the molecule is CCN(C(C)CC(=O)O)C1COc2cc(O)ccc21. The summed E-state index contributed by atoms with van der Waals surface area (Å²) in [6, 6.07) is 5.07. The third kappa shape index (κ3) is 2.81. The normalized spacial score (nSPS) is 19.0. The number of phenols is 1. The summed E-state index contributed by atoms with van der Waals surface area (Å²) in [4.78, 5) is 13.0. The van der Waals surface area contributed by atoms with E-state index in [4.69, 9.17) is 9.84 Å². The molecule has 1 aromatic carbocycles. The highest BCUT2D eigenvalue weighted by molar-refractivity contribution is 5.67. The number of benzene rings is 1. The average Bonchev–Trinajstić information content (AvgIpc) is 2.72. The Morgan fingerprint density at radius 1 is 1.58 bits per heavy atom. The van der Waals surface area contributed by atoms with E-state index in [2.05, 4.69) is 4.90 Å². The number of hydrogen-bond donors (Lipinski definition) is 2. The number of fused-ring (bicyclic) bond motifs is 1. The molecule has 5 nitrogen and oxygen atoms in total. The van der Waals surface area contributed by atoms with Crippen molar-refractivity contribution in [3.05, 3.63) is 23.8 Å². The fourth-order valence-electron chi connectivity index (χ4n) is 2.67. The summed E-state index contributed by atoms with van der Waals surface area (Å²) in [5, 5.41) is 18.3. The van der Waals surface area contributed by atoms with E-state index in [0.29, 0.717) is 12.4 Å².